The molecule has 0 aliphatic carbocycles. The molecule has 5 nitrogen and oxygen atoms in total. The zero-order valence-electron chi connectivity index (χ0n) is 9.77. The van der Waals surface area contributed by atoms with Gasteiger partial charge in [0.2, 0.25) is 0 Å². The molecule has 0 unspecified atom stereocenters. The molecule has 1 saturated heterocycles. The van der Waals surface area contributed by atoms with Crippen molar-refractivity contribution >= 4 is 6.09 Å². The summed E-state index contributed by atoms with van der Waals surface area (Å²) in [5, 5.41) is 3.64. The lowest BCUT2D eigenvalue weighted by Gasteiger charge is -2.38. The predicted molar refractivity (Wildman–Crippen MR) is 57.1 cm³/mol. The number of hydrogen-bond donors (Lipinski definition) is 0. The number of nitrogens with zero attached hydrogens (tertiary/aromatic N) is 2. The van der Waals surface area contributed by atoms with Crippen molar-refractivity contribution in [2.75, 3.05) is 13.1 Å². The molecule has 1 aliphatic heterocycles. The minimum Gasteiger partial charge on any atom is -0.444 e. The molecule has 1 aromatic rings. The summed E-state index contributed by atoms with van der Waals surface area (Å²) in [5.74, 6) is 1.09. The van der Waals surface area contributed by atoms with Crippen LogP contribution in [0.3, 0.4) is 0 Å². The fraction of sp³-hybridized carbons (Fsp3) is 0.636. The van der Waals surface area contributed by atoms with Gasteiger partial charge in [0.05, 0.1) is 12.1 Å². The van der Waals surface area contributed by atoms with Crippen LogP contribution in [0.2, 0.25) is 0 Å². The fourth-order valence-corrected chi connectivity index (χ4v) is 1.57. The second kappa shape index (κ2) is 3.81. The Morgan fingerprint density at radius 3 is 2.75 bits per heavy atom. The average molecular weight is 224 g/mol. The lowest BCUT2D eigenvalue weighted by molar-refractivity contribution is 0.00605. The second-order valence-corrected chi connectivity index (χ2v) is 5.00. The van der Waals surface area contributed by atoms with E-state index in [9.17, 15) is 4.79 Å². The van der Waals surface area contributed by atoms with Gasteiger partial charge in [-0.05, 0) is 20.8 Å². The van der Waals surface area contributed by atoms with E-state index in [0.29, 0.717) is 13.1 Å². The highest BCUT2D eigenvalue weighted by Crippen LogP contribution is 2.27. The first-order valence-corrected chi connectivity index (χ1v) is 5.34. The molecule has 2 rings (SSSR count). The molecular formula is C11H16N2O3. The monoisotopic (exact) mass is 224 g/mol. The predicted octanol–water partition coefficient (Wildman–Crippen LogP) is 2.01. The van der Waals surface area contributed by atoms with Crippen LogP contribution in [-0.4, -0.2) is 34.8 Å². The van der Waals surface area contributed by atoms with Crippen molar-refractivity contribution in [2.45, 2.75) is 32.3 Å². The molecule has 1 fully saturated rings. The molecule has 1 aromatic heterocycles. The van der Waals surface area contributed by atoms with Crippen LogP contribution < -0.4 is 0 Å². The molecule has 88 valence electrons. The maximum atomic E-state index is 11.6. The van der Waals surface area contributed by atoms with Crippen LogP contribution in [0, 0.1) is 0 Å². The van der Waals surface area contributed by atoms with Crippen LogP contribution >= 0.6 is 0 Å². The van der Waals surface area contributed by atoms with Crippen molar-refractivity contribution in [2.24, 2.45) is 0 Å². The van der Waals surface area contributed by atoms with Gasteiger partial charge in [0, 0.05) is 19.2 Å². The molecule has 16 heavy (non-hydrogen) atoms. The molecule has 0 saturated carbocycles. The Kier molecular flexibility index (Phi) is 2.61. The maximum absolute atomic E-state index is 11.6. The van der Waals surface area contributed by atoms with Gasteiger partial charge in [0.15, 0.2) is 0 Å². The van der Waals surface area contributed by atoms with Gasteiger partial charge in [-0.2, -0.15) is 0 Å². The number of carbonyl (C=O) groups excluding carboxylic acids is 1. The Morgan fingerprint density at radius 2 is 2.25 bits per heavy atom. The van der Waals surface area contributed by atoms with E-state index in [1.807, 2.05) is 26.8 Å². The van der Waals surface area contributed by atoms with Gasteiger partial charge in [0.1, 0.15) is 11.4 Å². The van der Waals surface area contributed by atoms with E-state index in [2.05, 4.69) is 5.16 Å². The molecule has 2 heterocycles. The Labute approximate surface area is 94.3 Å². The van der Waals surface area contributed by atoms with Crippen LogP contribution in [0.15, 0.2) is 16.8 Å². The molecule has 0 bridgehead atoms. The Balaban J connectivity index is 1.82. The van der Waals surface area contributed by atoms with Crippen molar-refractivity contribution in [3.8, 4) is 0 Å². The Hall–Kier alpha value is -1.52. The SMILES string of the molecule is CC(C)(C)OC(=O)N1CC(c2ccno2)C1. The summed E-state index contributed by atoms with van der Waals surface area (Å²) in [7, 11) is 0. The van der Waals surface area contributed by atoms with Gasteiger partial charge in [-0.15, -0.1) is 0 Å². The quantitative estimate of drug-likeness (QED) is 0.732. The van der Waals surface area contributed by atoms with Crippen LogP contribution in [0.25, 0.3) is 0 Å². The van der Waals surface area contributed by atoms with Gasteiger partial charge in [-0.25, -0.2) is 4.79 Å². The topological polar surface area (TPSA) is 55.6 Å². The van der Waals surface area contributed by atoms with Crippen LogP contribution in [0.5, 0.6) is 0 Å². The lowest BCUT2D eigenvalue weighted by Crippen LogP contribution is -2.50. The molecule has 0 aromatic carbocycles. The summed E-state index contributed by atoms with van der Waals surface area (Å²) < 4.78 is 10.3. The summed E-state index contributed by atoms with van der Waals surface area (Å²) in [5.41, 5.74) is -0.436. The molecular weight excluding hydrogens is 208 g/mol. The fourth-order valence-electron chi connectivity index (χ4n) is 1.57. The summed E-state index contributed by atoms with van der Waals surface area (Å²) in [6, 6.07) is 1.83. The number of ether oxygens (including phenoxy) is 1. The molecule has 0 atom stereocenters. The van der Waals surface area contributed by atoms with Crippen LogP contribution in [0.4, 0.5) is 4.79 Å². The Bertz CT molecular complexity index is 361. The normalized spacial score (nSPS) is 17.1. The van der Waals surface area contributed by atoms with E-state index in [1.54, 1.807) is 11.1 Å². The van der Waals surface area contributed by atoms with Crippen molar-refractivity contribution in [1.29, 1.82) is 0 Å². The first-order valence-electron chi connectivity index (χ1n) is 5.34. The molecule has 0 N–H and O–H groups in total. The zero-order chi connectivity index (χ0) is 11.8. The van der Waals surface area contributed by atoms with Gasteiger partial charge < -0.3 is 14.2 Å². The number of carbonyl (C=O) groups is 1. The first kappa shape index (κ1) is 11.0. The average Bonchev–Trinajstić information content (AvgIpc) is 2.49. The third-order valence-electron chi connectivity index (χ3n) is 2.39. The molecule has 0 radical (unpaired) electrons. The summed E-state index contributed by atoms with van der Waals surface area (Å²) in [4.78, 5) is 13.3. The molecule has 5 heteroatoms. The number of hydrogen-bond acceptors (Lipinski definition) is 4. The highest BCUT2D eigenvalue weighted by Gasteiger charge is 2.36. The van der Waals surface area contributed by atoms with Crippen molar-refractivity contribution < 1.29 is 14.1 Å². The van der Waals surface area contributed by atoms with Crippen molar-refractivity contribution in [3.63, 3.8) is 0 Å². The van der Waals surface area contributed by atoms with Gasteiger partial charge in [-0.3, -0.25) is 0 Å². The third-order valence-corrected chi connectivity index (χ3v) is 2.39. The van der Waals surface area contributed by atoms with Crippen molar-refractivity contribution in [3.05, 3.63) is 18.0 Å². The summed E-state index contributed by atoms with van der Waals surface area (Å²) in [6.45, 7) is 6.87. The highest BCUT2D eigenvalue weighted by atomic mass is 16.6. The third kappa shape index (κ3) is 2.35. The Morgan fingerprint density at radius 1 is 1.56 bits per heavy atom. The maximum Gasteiger partial charge on any atom is 0.410 e. The molecule has 1 aliphatic rings. The second-order valence-electron chi connectivity index (χ2n) is 5.00. The van der Waals surface area contributed by atoms with E-state index < -0.39 is 5.60 Å². The number of likely N-dealkylation sites (tertiary alicyclic amines) is 1. The van der Waals surface area contributed by atoms with E-state index >= 15 is 0 Å². The number of aromatic nitrogens is 1. The minimum atomic E-state index is -0.436. The van der Waals surface area contributed by atoms with Gasteiger partial charge >= 0.3 is 6.09 Å². The lowest BCUT2D eigenvalue weighted by atomic mass is 9.98. The highest BCUT2D eigenvalue weighted by molar-refractivity contribution is 5.69. The van der Waals surface area contributed by atoms with Crippen LogP contribution in [0.1, 0.15) is 32.4 Å². The summed E-state index contributed by atoms with van der Waals surface area (Å²) >= 11 is 0. The zero-order valence-corrected chi connectivity index (χ0v) is 9.77. The van der Waals surface area contributed by atoms with E-state index in [4.69, 9.17) is 9.26 Å². The molecule has 0 spiro atoms. The van der Waals surface area contributed by atoms with Crippen molar-refractivity contribution in [1.82, 2.24) is 10.1 Å². The van der Waals surface area contributed by atoms with E-state index in [1.165, 1.54) is 0 Å². The van der Waals surface area contributed by atoms with Gasteiger partial charge in [-0.1, -0.05) is 5.16 Å². The smallest absolute Gasteiger partial charge is 0.410 e. The number of amides is 1. The standard InChI is InChI=1S/C11H16N2O3/c1-11(2,3)15-10(14)13-6-8(7-13)9-4-5-12-16-9/h4-5,8H,6-7H2,1-3H3. The molecule has 1 amide bonds. The minimum absolute atomic E-state index is 0.259. The van der Waals surface area contributed by atoms with E-state index in [-0.39, 0.29) is 12.0 Å². The van der Waals surface area contributed by atoms with E-state index in [0.717, 1.165) is 5.76 Å². The largest absolute Gasteiger partial charge is 0.444 e. The van der Waals surface area contributed by atoms with Gasteiger partial charge in [0.25, 0.3) is 0 Å². The summed E-state index contributed by atoms with van der Waals surface area (Å²) in [6.07, 6.45) is 1.36. The first-order chi connectivity index (χ1) is 7.46. The number of rotatable bonds is 1. The van der Waals surface area contributed by atoms with Crippen LogP contribution in [-0.2, 0) is 4.74 Å².